The van der Waals surface area contributed by atoms with Gasteiger partial charge in [0, 0.05) is 24.6 Å². The summed E-state index contributed by atoms with van der Waals surface area (Å²) < 4.78 is 20.2. The third kappa shape index (κ3) is 7.17. The van der Waals surface area contributed by atoms with E-state index in [0.29, 0.717) is 17.7 Å². The molecule has 178 valence electrons. The van der Waals surface area contributed by atoms with Gasteiger partial charge >= 0.3 is 0 Å². The zero-order valence-electron chi connectivity index (χ0n) is 19.6. The summed E-state index contributed by atoms with van der Waals surface area (Å²) in [6, 6.07) is 23.9. The second-order valence-electron chi connectivity index (χ2n) is 8.24. The molecule has 3 rings (SSSR count). The average Bonchev–Trinajstić information content (AvgIpc) is 2.86. The summed E-state index contributed by atoms with van der Waals surface area (Å²) in [6.07, 6.45) is 1.05. The third-order valence-electron chi connectivity index (χ3n) is 5.68. The van der Waals surface area contributed by atoms with Gasteiger partial charge in [-0.2, -0.15) is 0 Å². The van der Waals surface area contributed by atoms with E-state index in [4.69, 9.17) is 4.74 Å². The molecule has 34 heavy (non-hydrogen) atoms. The van der Waals surface area contributed by atoms with Gasteiger partial charge in [-0.15, -0.1) is 0 Å². The highest BCUT2D eigenvalue weighted by molar-refractivity contribution is 5.88. The number of hydrogen-bond donors (Lipinski definition) is 1. The predicted molar refractivity (Wildman–Crippen MR) is 131 cm³/mol. The maximum Gasteiger partial charge on any atom is 0.261 e. The summed E-state index contributed by atoms with van der Waals surface area (Å²) >= 11 is 0. The maximum atomic E-state index is 14.6. The van der Waals surface area contributed by atoms with Crippen LogP contribution in [0.1, 0.15) is 31.4 Å². The fourth-order valence-corrected chi connectivity index (χ4v) is 3.55. The minimum absolute atomic E-state index is 0.0465. The molecule has 0 bridgehead atoms. The first-order valence-corrected chi connectivity index (χ1v) is 11.5. The van der Waals surface area contributed by atoms with Gasteiger partial charge in [0.05, 0.1) is 0 Å². The lowest BCUT2D eigenvalue weighted by atomic mass is 10.0. The number of ether oxygens (including phenoxy) is 1. The van der Waals surface area contributed by atoms with Gasteiger partial charge in [-0.1, -0.05) is 73.7 Å². The summed E-state index contributed by atoms with van der Waals surface area (Å²) in [5, 5.41) is 2.99. The number of benzene rings is 3. The Kier molecular flexibility index (Phi) is 9.21. The van der Waals surface area contributed by atoms with E-state index in [-0.39, 0.29) is 25.1 Å². The topological polar surface area (TPSA) is 58.6 Å². The summed E-state index contributed by atoms with van der Waals surface area (Å²) in [4.78, 5) is 28.2. The normalized spacial score (nSPS) is 12.4. The van der Waals surface area contributed by atoms with Crippen LogP contribution in [0.4, 0.5) is 4.39 Å². The molecule has 0 aliphatic heterocycles. The molecular weight excluding hydrogens is 431 g/mol. The molecular formula is C28H31FN2O3. The van der Waals surface area contributed by atoms with Crippen molar-refractivity contribution >= 4 is 11.8 Å². The lowest BCUT2D eigenvalue weighted by Crippen LogP contribution is -2.53. The molecule has 3 aromatic rings. The van der Waals surface area contributed by atoms with Crippen molar-refractivity contribution in [3.05, 3.63) is 102 Å². The van der Waals surface area contributed by atoms with E-state index < -0.39 is 17.8 Å². The van der Waals surface area contributed by atoms with Crippen molar-refractivity contribution in [3.8, 4) is 5.75 Å². The summed E-state index contributed by atoms with van der Waals surface area (Å²) in [6.45, 7) is 3.58. The second kappa shape index (κ2) is 12.5. The molecule has 2 atom stereocenters. The van der Waals surface area contributed by atoms with Crippen molar-refractivity contribution in [2.24, 2.45) is 0 Å². The highest BCUT2D eigenvalue weighted by Crippen LogP contribution is 2.18. The Labute approximate surface area is 200 Å². The van der Waals surface area contributed by atoms with Crippen molar-refractivity contribution in [1.82, 2.24) is 10.2 Å². The molecule has 0 fully saturated rings. The lowest BCUT2D eigenvalue weighted by Gasteiger charge is -2.32. The highest BCUT2D eigenvalue weighted by atomic mass is 19.1. The first-order chi connectivity index (χ1) is 16.5. The van der Waals surface area contributed by atoms with Gasteiger partial charge in [-0.25, -0.2) is 4.39 Å². The van der Waals surface area contributed by atoms with Crippen LogP contribution in [-0.2, 0) is 22.6 Å². The first kappa shape index (κ1) is 25.0. The number of carbonyl (C=O) groups is 2. The van der Waals surface area contributed by atoms with Gasteiger partial charge in [-0.05, 0) is 37.1 Å². The van der Waals surface area contributed by atoms with Crippen LogP contribution >= 0.6 is 0 Å². The monoisotopic (exact) mass is 462 g/mol. The highest BCUT2D eigenvalue weighted by Gasteiger charge is 2.31. The van der Waals surface area contributed by atoms with Crippen molar-refractivity contribution in [2.75, 3.05) is 6.61 Å². The molecule has 1 N–H and O–H groups in total. The Morgan fingerprint density at radius 2 is 1.56 bits per heavy atom. The number of amides is 2. The molecule has 0 radical (unpaired) electrons. The van der Waals surface area contributed by atoms with Gasteiger partial charge < -0.3 is 15.0 Å². The zero-order valence-corrected chi connectivity index (χ0v) is 19.6. The van der Waals surface area contributed by atoms with Crippen LogP contribution in [0.15, 0.2) is 84.9 Å². The molecule has 5 nitrogen and oxygen atoms in total. The molecule has 0 aromatic heterocycles. The maximum absolute atomic E-state index is 14.6. The molecule has 0 aliphatic rings. The van der Waals surface area contributed by atoms with E-state index in [1.807, 2.05) is 62.4 Å². The van der Waals surface area contributed by atoms with Crippen LogP contribution in [0.3, 0.4) is 0 Å². The SMILES string of the molecule is CC[C@@H](C)NC(=O)[C@@H](Cc1ccccc1)N(Cc1ccccc1F)C(=O)COc1ccccc1. The van der Waals surface area contributed by atoms with E-state index in [2.05, 4.69) is 5.32 Å². The molecule has 0 spiro atoms. The molecule has 0 saturated heterocycles. The fraction of sp³-hybridized carbons (Fsp3) is 0.286. The summed E-state index contributed by atoms with van der Waals surface area (Å²) in [7, 11) is 0. The van der Waals surface area contributed by atoms with Crippen molar-refractivity contribution in [1.29, 1.82) is 0 Å². The third-order valence-corrected chi connectivity index (χ3v) is 5.68. The van der Waals surface area contributed by atoms with Gasteiger partial charge in [-0.3, -0.25) is 9.59 Å². The Balaban J connectivity index is 1.92. The molecule has 3 aromatic carbocycles. The number of hydrogen-bond acceptors (Lipinski definition) is 3. The van der Waals surface area contributed by atoms with Crippen LogP contribution in [0.2, 0.25) is 0 Å². The molecule has 2 amide bonds. The largest absolute Gasteiger partial charge is 0.484 e. The molecule has 6 heteroatoms. The van der Waals surface area contributed by atoms with Gasteiger partial charge in [0.25, 0.3) is 5.91 Å². The fourth-order valence-electron chi connectivity index (χ4n) is 3.55. The number of nitrogens with one attached hydrogen (secondary N) is 1. The number of rotatable bonds is 11. The van der Waals surface area contributed by atoms with Crippen LogP contribution < -0.4 is 10.1 Å². The minimum Gasteiger partial charge on any atom is -0.484 e. The number of nitrogens with zero attached hydrogens (tertiary/aromatic N) is 1. The van der Waals surface area contributed by atoms with E-state index in [1.54, 1.807) is 30.3 Å². The van der Waals surface area contributed by atoms with E-state index >= 15 is 0 Å². The molecule has 0 aliphatic carbocycles. The Morgan fingerprint density at radius 3 is 2.21 bits per heavy atom. The second-order valence-corrected chi connectivity index (χ2v) is 8.24. The minimum atomic E-state index is -0.831. The van der Waals surface area contributed by atoms with Crippen molar-refractivity contribution in [3.63, 3.8) is 0 Å². The number of carbonyl (C=O) groups excluding carboxylic acids is 2. The zero-order chi connectivity index (χ0) is 24.3. The molecule has 0 saturated carbocycles. The standard InChI is InChI=1S/C28H31FN2O3/c1-3-21(2)30-28(33)26(18-22-12-6-4-7-13-22)31(19-23-14-10-11-17-25(23)29)27(32)20-34-24-15-8-5-9-16-24/h4-17,21,26H,3,18-20H2,1-2H3,(H,30,33)/t21-,26-/m1/s1. The van der Waals surface area contributed by atoms with Gasteiger partial charge in [0.1, 0.15) is 17.6 Å². The summed E-state index contributed by atoms with van der Waals surface area (Å²) in [5.41, 5.74) is 1.24. The van der Waals surface area contributed by atoms with Gasteiger partial charge in [0.2, 0.25) is 5.91 Å². The van der Waals surface area contributed by atoms with E-state index in [9.17, 15) is 14.0 Å². The Morgan fingerprint density at radius 1 is 0.941 bits per heavy atom. The van der Waals surface area contributed by atoms with E-state index in [1.165, 1.54) is 11.0 Å². The lowest BCUT2D eigenvalue weighted by molar-refractivity contribution is -0.143. The van der Waals surface area contributed by atoms with Crippen LogP contribution in [0.25, 0.3) is 0 Å². The summed E-state index contributed by atoms with van der Waals surface area (Å²) in [5.74, 6) is -0.551. The van der Waals surface area contributed by atoms with E-state index in [0.717, 1.165) is 12.0 Å². The first-order valence-electron chi connectivity index (χ1n) is 11.5. The van der Waals surface area contributed by atoms with Crippen molar-refractivity contribution in [2.45, 2.75) is 45.3 Å². The quantitative estimate of drug-likeness (QED) is 0.447. The Bertz CT molecular complexity index is 1060. The number of para-hydroxylation sites is 1. The molecule has 0 heterocycles. The Hall–Kier alpha value is -3.67. The predicted octanol–water partition coefficient (Wildman–Crippen LogP) is 4.76. The van der Waals surface area contributed by atoms with Gasteiger partial charge in [0.15, 0.2) is 6.61 Å². The average molecular weight is 463 g/mol. The smallest absolute Gasteiger partial charge is 0.261 e. The molecule has 0 unspecified atom stereocenters. The van der Waals surface area contributed by atoms with Crippen molar-refractivity contribution < 1.29 is 18.7 Å². The van der Waals surface area contributed by atoms with Crippen LogP contribution in [-0.4, -0.2) is 35.4 Å². The van der Waals surface area contributed by atoms with Crippen LogP contribution in [0.5, 0.6) is 5.75 Å². The van der Waals surface area contributed by atoms with Crippen LogP contribution in [0, 0.1) is 5.82 Å². The number of halogens is 1.